The predicted molar refractivity (Wildman–Crippen MR) is 168 cm³/mol. The summed E-state index contributed by atoms with van der Waals surface area (Å²) in [7, 11) is 6.80. The van der Waals surface area contributed by atoms with Gasteiger partial charge in [0.15, 0.2) is 11.4 Å². The number of aromatic amines is 1. The minimum Gasteiger partial charge on any atom is -0.457 e. The van der Waals surface area contributed by atoms with Crippen molar-refractivity contribution in [1.82, 2.24) is 4.98 Å². The average Bonchev–Trinajstić information content (AvgIpc) is 3.36. The summed E-state index contributed by atoms with van der Waals surface area (Å²) in [4.78, 5) is 17.1. The van der Waals surface area contributed by atoms with Crippen LogP contribution in [0.5, 0.6) is 0 Å². The van der Waals surface area contributed by atoms with Crippen LogP contribution in [0.15, 0.2) is 83.6 Å². The van der Waals surface area contributed by atoms with Crippen LogP contribution in [0.1, 0.15) is 58.6 Å². The zero-order valence-electron chi connectivity index (χ0n) is 25.3. The molecule has 0 aliphatic carbocycles. The molecule has 3 aromatic carbocycles. The number of carbonyl (C=O) groups excluding carboxylic acids is 1. The second-order valence-electron chi connectivity index (χ2n) is 11.1. The van der Waals surface area contributed by atoms with Crippen LogP contribution in [-0.2, 0) is 16.1 Å². The molecule has 1 aliphatic rings. The van der Waals surface area contributed by atoms with Crippen LogP contribution in [0.25, 0.3) is 16.7 Å². The first-order valence-electron chi connectivity index (χ1n) is 14.1. The molecule has 0 bridgehead atoms. The molecule has 2 radical (unpaired) electrons. The highest BCUT2D eigenvalue weighted by atomic mass is 19.1. The Labute approximate surface area is 248 Å². The Morgan fingerprint density at radius 2 is 1.52 bits per heavy atom. The van der Waals surface area contributed by atoms with Gasteiger partial charge < -0.3 is 9.72 Å². The molecule has 0 amide bonds. The molecular weight excluding hydrogens is 522 g/mol. The van der Waals surface area contributed by atoms with Crippen LogP contribution in [0.3, 0.4) is 0 Å². The molecule has 1 N–H and O–H groups in total. The monoisotopic (exact) mass is 557 g/mol. The number of halogens is 1. The van der Waals surface area contributed by atoms with Crippen molar-refractivity contribution < 1.29 is 18.4 Å². The summed E-state index contributed by atoms with van der Waals surface area (Å²) in [5.74, 6) is -0.710. The number of carbonyl (C=O) groups is 1. The van der Waals surface area contributed by atoms with Gasteiger partial charge in [-0.05, 0) is 75.4 Å². The lowest BCUT2D eigenvalue weighted by Crippen LogP contribution is -2.17. The Morgan fingerprint density at radius 3 is 2.17 bits per heavy atom. The summed E-state index contributed by atoms with van der Waals surface area (Å²) in [6, 6.07) is 20.7. The van der Waals surface area contributed by atoms with Gasteiger partial charge in [-0.15, -0.1) is 0 Å². The molecule has 1 aliphatic heterocycles. The minimum absolute atomic E-state index is 0.164. The Bertz CT molecular complexity index is 1800. The number of benzene rings is 3. The molecule has 2 heterocycles. The number of aromatic nitrogens is 1. The fourth-order valence-electron chi connectivity index (χ4n) is 6.27. The van der Waals surface area contributed by atoms with Crippen molar-refractivity contribution >= 4 is 25.2 Å². The third-order valence-corrected chi connectivity index (χ3v) is 8.11. The third kappa shape index (κ3) is 5.06. The maximum Gasteiger partial charge on any atom is 0.587 e. The zero-order chi connectivity index (χ0) is 30.3. The molecule has 210 valence electrons. The summed E-state index contributed by atoms with van der Waals surface area (Å²) in [6.07, 6.45) is 0. The Kier molecular flexibility index (Phi) is 7.92. The van der Waals surface area contributed by atoms with Crippen LogP contribution in [0.4, 0.5) is 4.39 Å². The largest absolute Gasteiger partial charge is 0.587 e. The third-order valence-electron chi connectivity index (χ3n) is 8.11. The van der Waals surface area contributed by atoms with Crippen molar-refractivity contribution in [2.45, 2.75) is 55.1 Å². The van der Waals surface area contributed by atoms with Gasteiger partial charge in [0.2, 0.25) is 0 Å². The molecule has 42 heavy (non-hydrogen) atoms. The van der Waals surface area contributed by atoms with E-state index in [1.54, 1.807) is 16.6 Å². The molecular formula is C36H35BFN2O2+. The van der Waals surface area contributed by atoms with Crippen molar-refractivity contribution in [1.29, 1.82) is 0 Å². The number of rotatable bonds is 6. The second-order valence-corrected chi connectivity index (χ2v) is 11.1. The van der Waals surface area contributed by atoms with Crippen molar-refractivity contribution in [3.05, 3.63) is 134 Å². The quantitative estimate of drug-likeness (QED) is 0.195. The highest BCUT2D eigenvalue weighted by Gasteiger charge is 2.39. The SMILES string of the molecule is [B][N+]1=C(C)C(C(=O)OCc2ccccc2)=C(C)/C1=C(/c1[nH]c(C)c(-c2ccccc2F)c1C)c1c(C)cc(C)cc1C. The number of hydrogen-bond acceptors (Lipinski definition) is 2. The number of allylic oxidation sites excluding steroid dienone is 1. The molecule has 4 aromatic rings. The van der Waals surface area contributed by atoms with Gasteiger partial charge in [-0.1, -0.05) is 66.2 Å². The minimum atomic E-state index is -0.428. The summed E-state index contributed by atoms with van der Waals surface area (Å²) >= 11 is 0. The van der Waals surface area contributed by atoms with E-state index in [0.717, 1.165) is 61.5 Å². The van der Waals surface area contributed by atoms with Crippen molar-refractivity contribution in [2.24, 2.45) is 0 Å². The normalized spacial score (nSPS) is 14.6. The van der Waals surface area contributed by atoms with Gasteiger partial charge in [-0.25, -0.2) is 9.18 Å². The van der Waals surface area contributed by atoms with Gasteiger partial charge in [0.1, 0.15) is 18.0 Å². The van der Waals surface area contributed by atoms with E-state index in [0.29, 0.717) is 22.5 Å². The maximum atomic E-state index is 15.0. The van der Waals surface area contributed by atoms with Crippen molar-refractivity contribution in [2.75, 3.05) is 0 Å². The summed E-state index contributed by atoms with van der Waals surface area (Å²) in [5, 5.41) is 0. The fourth-order valence-corrected chi connectivity index (χ4v) is 6.27. The second kappa shape index (κ2) is 11.4. The van der Waals surface area contributed by atoms with Crippen LogP contribution in [-0.4, -0.2) is 29.1 Å². The van der Waals surface area contributed by atoms with E-state index >= 15 is 4.39 Å². The van der Waals surface area contributed by atoms with Crippen LogP contribution in [0, 0.1) is 40.4 Å². The molecule has 4 nitrogen and oxygen atoms in total. The first kappa shape index (κ1) is 29.1. The summed E-state index contributed by atoms with van der Waals surface area (Å²) in [6.45, 7) is 14.1. The number of nitrogens with zero attached hydrogens (tertiary/aromatic N) is 1. The topological polar surface area (TPSA) is 45.1 Å². The Hall–Kier alpha value is -4.45. The van der Waals surface area contributed by atoms with Gasteiger partial charge in [0.25, 0.3) is 0 Å². The Morgan fingerprint density at radius 1 is 0.905 bits per heavy atom. The molecule has 1 aromatic heterocycles. The molecule has 5 rings (SSSR count). The number of H-pyrrole nitrogens is 1. The van der Waals surface area contributed by atoms with Gasteiger partial charge >= 0.3 is 14.0 Å². The molecule has 0 atom stereocenters. The number of aryl methyl sites for hydroxylation is 4. The van der Waals surface area contributed by atoms with E-state index in [1.165, 1.54) is 6.07 Å². The van der Waals surface area contributed by atoms with Gasteiger partial charge in [0, 0.05) is 29.3 Å². The fraction of sp³-hybridized carbons (Fsp3) is 0.222. The molecule has 0 unspecified atom stereocenters. The van der Waals surface area contributed by atoms with E-state index in [9.17, 15) is 4.79 Å². The number of hydrogen-bond donors (Lipinski definition) is 1. The molecule has 0 fully saturated rings. The van der Waals surface area contributed by atoms with E-state index in [2.05, 4.69) is 37.9 Å². The van der Waals surface area contributed by atoms with Crippen LogP contribution in [0.2, 0.25) is 0 Å². The van der Waals surface area contributed by atoms with Gasteiger partial charge in [-0.3, -0.25) is 4.49 Å². The lowest BCUT2D eigenvalue weighted by Gasteiger charge is -2.17. The number of nitrogens with one attached hydrogen (secondary N) is 1. The first-order chi connectivity index (χ1) is 20.0. The zero-order valence-corrected chi connectivity index (χ0v) is 25.3. The first-order valence-corrected chi connectivity index (χ1v) is 14.1. The van der Waals surface area contributed by atoms with Gasteiger partial charge in [-0.2, -0.15) is 0 Å². The highest BCUT2D eigenvalue weighted by Crippen LogP contribution is 2.42. The highest BCUT2D eigenvalue weighted by molar-refractivity contribution is 6.23. The maximum absolute atomic E-state index is 15.0. The average molecular weight is 557 g/mol. The summed E-state index contributed by atoms with van der Waals surface area (Å²) < 4.78 is 22.4. The van der Waals surface area contributed by atoms with Crippen molar-refractivity contribution in [3.63, 3.8) is 0 Å². The standard InChI is InChI=1S/C36H35BFN2O2/c1-20-17-21(2)30(22(3)18-20)33(34-23(4)31(25(6)39-34)28-15-11-12-16-29(28)38)35-24(5)32(26(7)40(35)37)36(41)42-19-27-13-9-8-10-14-27/h8-18,39H,19H2,1-7H3/q+1. The van der Waals surface area contributed by atoms with Crippen LogP contribution >= 0.6 is 0 Å². The Balaban J connectivity index is 1.76. The van der Waals surface area contributed by atoms with Crippen molar-refractivity contribution in [3.8, 4) is 11.1 Å². The summed E-state index contributed by atoms with van der Waals surface area (Å²) in [5.41, 5.74) is 12.5. The van der Waals surface area contributed by atoms with E-state index < -0.39 is 5.97 Å². The lowest BCUT2D eigenvalue weighted by molar-refractivity contribution is -0.301. The number of ether oxygens (including phenoxy) is 1. The predicted octanol–water partition coefficient (Wildman–Crippen LogP) is 7.75. The van der Waals surface area contributed by atoms with Gasteiger partial charge in [0.05, 0.1) is 11.3 Å². The lowest BCUT2D eigenvalue weighted by atomic mass is 9.87. The number of esters is 1. The van der Waals surface area contributed by atoms with E-state index in [4.69, 9.17) is 12.7 Å². The van der Waals surface area contributed by atoms with E-state index in [-0.39, 0.29) is 12.4 Å². The van der Waals surface area contributed by atoms with E-state index in [1.807, 2.05) is 64.1 Å². The molecule has 0 saturated heterocycles. The molecule has 0 spiro atoms. The molecule has 6 heteroatoms. The smallest absolute Gasteiger partial charge is 0.457 e. The molecule has 0 saturated carbocycles. The van der Waals surface area contributed by atoms with Crippen LogP contribution < -0.4 is 0 Å².